The number of nitrogens with zero attached hydrogens (tertiary/aromatic N) is 2. The van der Waals surface area contributed by atoms with Crippen LogP contribution >= 0.6 is 0 Å². The second kappa shape index (κ2) is 11.4. The summed E-state index contributed by atoms with van der Waals surface area (Å²) < 4.78 is 0. The van der Waals surface area contributed by atoms with Gasteiger partial charge in [0.15, 0.2) is 0 Å². The van der Waals surface area contributed by atoms with Crippen molar-refractivity contribution in [3.05, 3.63) is 58.8 Å². The predicted octanol–water partition coefficient (Wildman–Crippen LogP) is 3.95. The van der Waals surface area contributed by atoms with Gasteiger partial charge in [-0.15, -0.1) is 0 Å². The predicted molar refractivity (Wildman–Crippen MR) is 140 cm³/mol. The SMILES string of the molecule is O=C(NC[C@H](C(=O)O)c1ccc(C2CC2)cc1)[C@@H]1CCCN(CCCc2ccc3c(n2)NCCC3)C1. The van der Waals surface area contributed by atoms with Crippen molar-refractivity contribution in [2.45, 2.75) is 63.2 Å². The van der Waals surface area contributed by atoms with Crippen LogP contribution in [0.4, 0.5) is 5.82 Å². The molecule has 3 N–H and O–H groups in total. The Bertz CT molecular complexity index is 1070. The maximum absolute atomic E-state index is 12.9. The molecule has 1 aromatic carbocycles. The van der Waals surface area contributed by atoms with Crippen LogP contribution in [-0.4, -0.2) is 59.6 Å². The lowest BCUT2D eigenvalue weighted by Crippen LogP contribution is -2.44. The van der Waals surface area contributed by atoms with E-state index >= 15 is 0 Å². The Hall–Kier alpha value is -2.93. The number of benzene rings is 1. The van der Waals surface area contributed by atoms with E-state index in [2.05, 4.69) is 27.7 Å². The number of nitrogens with one attached hydrogen (secondary N) is 2. The van der Waals surface area contributed by atoms with Crippen molar-refractivity contribution in [1.29, 1.82) is 0 Å². The molecule has 1 saturated carbocycles. The number of hydrogen-bond donors (Lipinski definition) is 3. The van der Waals surface area contributed by atoms with Gasteiger partial charge in [-0.2, -0.15) is 0 Å². The molecule has 2 atom stereocenters. The average Bonchev–Trinajstić information content (AvgIpc) is 3.75. The molecule has 1 saturated heterocycles. The fraction of sp³-hybridized carbons (Fsp3) is 0.552. The molecule has 3 aliphatic rings. The van der Waals surface area contributed by atoms with Crippen molar-refractivity contribution in [3.8, 4) is 0 Å². The minimum Gasteiger partial charge on any atom is -0.481 e. The first kappa shape index (κ1) is 24.8. The van der Waals surface area contributed by atoms with Crippen molar-refractivity contribution in [1.82, 2.24) is 15.2 Å². The van der Waals surface area contributed by atoms with Crippen molar-refractivity contribution in [2.24, 2.45) is 5.92 Å². The topological polar surface area (TPSA) is 94.6 Å². The van der Waals surface area contributed by atoms with Crippen LogP contribution in [0.3, 0.4) is 0 Å². The van der Waals surface area contributed by atoms with Crippen LogP contribution in [0, 0.1) is 5.92 Å². The number of likely N-dealkylation sites (tertiary alicyclic amines) is 1. The Labute approximate surface area is 213 Å². The number of piperidine rings is 1. The van der Waals surface area contributed by atoms with Crippen molar-refractivity contribution in [2.75, 3.05) is 38.0 Å². The Kier molecular flexibility index (Phi) is 7.85. The number of carbonyl (C=O) groups is 2. The highest BCUT2D eigenvalue weighted by Crippen LogP contribution is 2.40. The molecule has 0 spiro atoms. The third-order valence-electron chi connectivity index (χ3n) is 7.90. The van der Waals surface area contributed by atoms with Crippen molar-refractivity contribution >= 4 is 17.7 Å². The number of carboxylic acids is 1. The molecule has 0 bridgehead atoms. The molecule has 0 radical (unpaired) electrons. The number of carbonyl (C=O) groups excluding carboxylic acids is 1. The summed E-state index contributed by atoms with van der Waals surface area (Å²) in [6.07, 6.45) is 8.50. The largest absolute Gasteiger partial charge is 0.481 e. The fourth-order valence-electron chi connectivity index (χ4n) is 5.58. The van der Waals surface area contributed by atoms with Gasteiger partial charge in [0, 0.05) is 25.3 Å². The van der Waals surface area contributed by atoms with Gasteiger partial charge < -0.3 is 20.6 Å². The Morgan fingerprint density at radius 1 is 1.11 bits per heavy atom. The first-order valence-electron chi connectivity index (χ1n) is 13.6. The molecule has 192 valence electrons. The number of anilines is 1. The van der Waals surface area contributed by atoms with Crippen LogP contribution in [-0.2, 0) is 22.4 Å². The lowest BCUT2D eigenvalue weighted by Gasteiger charge is -2.32. The summed E-state index contributed by atoms with van der Waals surface area (Å²) in [6, 6.07) is 12.3. The van der Waals surface area contributed by atoms with Gasteiger partial charge in [-0.3, -0.25) is 9.59 Å². The zero-order valence-corrected chi connectivity index (χ0v) is 21.0. The van der Waals surface area contributed by atoms with Crippen LogP contribution in [0.5, 0.6) is 0 Å². The highest BCUT2D eigenvalue weighted by Gasteiger charge is 2.28. The lowest BCUT2D eigenvalue weighted by molar-refractivity contribution is -0.138. The quantitative estimate of drug-likeness (QED) is 0.467. The molecule has 36 heavy (non-hydrogen) atoms. The van der Waals surface area contributed by atoms with E-state index in [1.165, 1.54) is 30.4 Å². The number of aliphatic carboxylic acids is 1. The third kappa shape index (κ3) is 6.25. The lowest BCUT2D eigenvalue weighted by atomic mass is 9.95. The Balaban J connectivity index is 1.08. The van der Waals surface area contributed by atoms with Gasteiger partial charge in [-0.05, 0) is 93.1 Å². The number of amides is 1. The normalized spacial score (nSPS) is 20.7. The summed E-state index contributed by atoms with van der Waals surface area (Å²) in [7, 11) is 0. The summed E-state index contributed by atoms with van der Waals surface area (Å²) in [4.78, 5) is 32.0. The van der Waals surface area contributed by atoms with Crippen LogP contribution in [0.25, 0.3) is 0 Å². The Morgan fingerprint density at radius 3 is 2.72 bits per heavy atom. The summed E-state index contributed by atoms with van der Waals surface area (Å²) in [6.45, 7) is 3.82. The highest BCUT2D eigenvalue weighted by atomic mass is 16.4. The van der Waals surface area contributed by atoms with Crippen LogP contribution in [0.15, 0.2) is 36.4 Å². The number of carboxylic acid groups (broad SMARTS) is 1. The number of pyridine rings is 1. The number of hydrogen-bond acceptors (Lipinski definition) is 5. The van der Waals surface area contributed by atoms with E-state index in [1.807, 2.05) is 24.3 Å². The minimum atomic E-state index is -0.897. The third-order valence-corrected chi connectivity index (χ3v) is 7.90. The van der Waals surface area contributed by atoms with Gasteiger partial charge in [0.1, 0.15) is 5.82 Å². The molecule has 5 rings (SSSR count). The van der Waals surface area contributed by atoms with Crippen molar-refractivity contribution < 1.29 is 14.7 Å². The van der Waals surface area contributed by atoms with Crippen LogP contribution < -0.4 is 10.6 Å². The molecule has 0 unspecified atom stereocenters. The minimum absolute atomic E-state index is 0.0250. The van der Waals surface area contributed by atoms with E-state index in [1.54, 1.807) is 0 Å². The van der Waals surface area contributed by atoms with E-state index in [0.717, 1.165) is 75.4 Å². The molecule has 2 fully saturated rings. The second-order valence-electron chi connectivity index (χ2n) is 10.7. The molecule has 1 aromatic heterocycles. The summed E-state index contributed by atoms with van der Waals surface area (Å²) >= 11 is 0. The number of fused-ring (bicyclic) bond motifs is 1. The monoisotopic (exact) mass is 490 g/mol. The zero-order valence-electron chi connectivity index (χ0n) is 21.0. The number of rotatable bonds is 10. The van der Waals surface area contributed by atoms with Gasteiger partial charge >= 0.3 is 5.97 Å². The molecule has 7 nitrogen and oxygen atoms in total. The van der Waals surface area contributed by atoms with Crippen LogP contribution in [0.2, 0.25) is 0 Å². The van der Waals surface area contributed by atoms with E-state index in [4.69, 9.17) is 4.98 Å². The molecule has 2 aromatic rings. The number of aromatic nitrogens is 1. The van der Waals surface area contributed by atoms with Crippen molar-refractivity contribution in [3.63, 3.8) is 0 Å². The van der Waals surface area contributed by atoms with Crippen LogP contribution in [0.1, 0.15) is 72.7 Å². The van der Waals surface area contributed by atoms with E-state index in [0.29, 0.717) is 5.92 Å². The maximum Gasteiger partial charge on any atom is 0.312 e. The van der Waals surface area contributed by atoms with E-state index in [-0.39, 0.29) is 18.4 Å². The molecular formula is C29H38N4O3. The first-order valence-corrected chi connectivity index (χ1v) is 13.6. The summed E-state index contributed by atoms with van der Waals surface area (Å²) in [5, 5.41) is 16.1. The van der Waals surface area contributed by atoms with Gasteiger partial charge in [-0.1, -0.05) is 30.3 Å². The fourth-order valence-corrected chi connectivity index (χ4v) is 5.58. The maximum atomic E-state index is 12.9. The molecule has 7 heteroatoms. The Morgan fingerprint density at radius 2 is 1.94 bits per heavy atom. The zero-order chi connectivity index (χ0) is 24.9. The first-order chi connectivity index (χ1) is 17.6. The summed E-state index contributed by atoms with van der Waals surface area (Å²) in [5.74, 6) is -0.0414. The molecular weight excluding hydrogens is 452 g/mol. The molecule has 2 aliphatic heterocycles. The number of aryl methyl sites for hydroxylation is 2. The molecule has 1 aliphatic carbocycles. The second-order valence-corrected chi connectivity index (χ2v) is 10.7. The smallest absolute Gasteiger partial charge is 0.312 e. The van der Waals surface area contributed by atoms with E-state index < -0.39 is 11.9 Å². The summed E-state index contributed by atoms with van der Waals surface area (Å²) in [5.41, 5.74) is 4.48. The average molecular weight is 491 g/mol. The standard InChI is InChI=1S/C29H38N4O3/c34-28(31-18-26(29(35)36)22-11-9-21(10-12-22)20-7-8-20)24-5-2-16-33(19-24)17-3-6-25-14-13-23-4-1-15-30-27(23)32-25/h9-14,20,24,26H,1-8,15-19H2,(H,30,32)(H,31,34)(H,35,36)/t24-,26+/m1/s1. The highest BCUT2D eigenvalue weighted by molar-refractivity contribution is 5.81. The van der Waals surface area contributed by atoms with Gasteiger partial charge in [0.2, 0.25) is 5.91 Å². The van der Waals surface area contributed by atoms with Gasteiger partial charge in [0.05, 0.1) is 11.8 Å². The molecule has 3 heterocycles. The van der Waals surface area contributed by atoms with Gasteiger partial charge in [-0.25, -0.2) is 4.98 Å². The van der Waals surface area contributed by atoms with E-state index in [9.17, 15) is 14.7 Å². The molecule has 1 amide bonds. The van der Waals surface area contributed by atoms with Gasteiger partial charge in [0.25, 0.3) is 0 Å².